The van der Waals surface area contributed by atoms with E-state index < -0.39 is 16.8 Å². The zero-order valence-corrected chi connectivity index (χ0v) is 12.5. The van der Waals surface area contributed by atoms with Crippen LogP contribution in [0.25, 0.3) is 0 Å². The van der Waals surface area contributed by atoms with Crippen LogP contribution in [0.5, 0.6) is 0 Å². The Balaban J connectivity index is 2.49. The Kier molecular flexibility index (Phi) is 6.30. The zero-order valence-electron chi connectivity index (χ0n) is 12.5. The molecule has 2 N–H and O–H groups in total. The monoisotopic (exact) mass is 309 g/mol. The van der Waals surface area contributed by atoms with Crippen LogP contribution < -0.4 is 5.32 Å². The molecule has 0 fully saturated rings. The number of nitro groups is 1. The molecule has 0 aliphatic heterocycles. The first-order chi connectivity index (χ1) is 10.3. The van der Waals surface area contributed by atoms with Gasteiger partial charge in [-0.25, -0.2) is 0 Å². The number of aliphatic carboxylic acids is 1. The summed E-state index contributed by atoms with van der Waals surface area (Å²) in [4.78, 5) is 34.3. The fourth-order valence-corrected chi connectivity index (χ4v) is 1.87. The number of carboxylic acids is 1. The number of carbonyl (C=O) groups is 2. The molecule has 120 valence electrons. The van der Waals surface area contributed by atoms with Gasteiger partial charge in [-0.1, -0.05) is 19.1 Å². The fraction of sp³-hybridized carbons (Fsp3) is 0.429. The fourth-order valence-electron chi connectivity index (χ4n) is 1.87. The summed E-state index contributed by atoms with van der Waals surface area (Å²) in [6.45, 7) is 1.88. The highest BCUT2D eigenvalue weighted by molar-refractivity contribution is 5.78. The minimum Gasteiger partial charge on any atom is -0.481 e. The van der Waals surface area contributed by atoms with Crippen molar-refractivity contribution in [1.82, 2.24) is 4.90 Å². The second-order valence-electron chi connectivity index (χ2n) is 4.96. The van der Waals surface area contributed by atoms with E-state index in [0.29, 0.717) is 5.69 Å². The number of nitrogens with zero attached hydrogens (tertiary/aromatic N) is 2. The summed E-state index contributed by atoms with van der Waals surface area (Å²) in [7, 11) is 1.53. The maximum absolute atomic E-state index is 11.9. The molecule has 8 nitrogen and oxygen atoms in total. The molecule has 0 saturated carbocycles. The molecule has 0 saturated heterocycles. The molecule has 0 aromatic heterocycles. The molecule has 1 rings (SSSR count). The van der Waals surface area contributed by atoms with Crippen LogP contribution in [0.4, 0.5) is 11.4 Å². The average molecular weight is 309 g/mol. The van der Waals surface area contributed by atoms with Gasteiger partial charge in [-0.2, -0.15) is 0 Å². The molecule has 0 heterocycles. The predicted molar refractivity (Wildman–Crippen MR) is 80.6 cm³/mol. The second-order valence-corrected chi connectivity index (χ2v) is 4.96. The first kappa shape index (κ1) is 17.4. The van der Waals surface area contributed by atoms with E-state index in [1.165, 1.54) is 24.9 Å². The van der Waals surface area contributed by atoms with Gasteiger partial charge >= 0.3 is 5.97 Å². The van der Waals surface area contributed by atoms with Gasteiger partial charge in [0.2, 0.25) is 5.91 Å². The summed E-state index contributed by atoms with van der Waals surface area (Å²) in [5.41, 5.74) is 0.296. The van der Waals surface area contributed by atoms with Gasteiger partial charge in [-0.05, 0) is 6.07 Å². The van der Waals surface area contributed by atoms with Crippen LogP contribution in [0.2, 0.25) is 0 Å². The lowest BCUT2D eigenvalue weighted by atomic mass is 10.1. The number of hydrogen-bond donors (Lipinski definition) is 2. The third-order valence-corrected chi connectivity index (χ3v) is 3.15. The van der Waals surface area contributed by atoms with Crippen molar-refractivity contribution >= 4 is 23.3 Å². The third-order valence-electron chi connectivity index (χ3n) is 3.15. The largest absolute Gasteiger partial charge is 0.481 e. The number of nitrogens with one attached hydrogen (secondary N) is 1. The number of carbonyl (C=O) groups excluding carboxylic acids is 1. The Labute approximate surface area is 127 Å². The number of anilines is 1. The zero-order chi connectivity index (χ0) is 16.7. The lowest BCUT2D eigenvalue weighted by Crippen LogP contribution is -2.34. The average Bonchev–Trinajstić information content (AvgIpc) is 2.47. The van der Waals surface area contributed by atoms with Gasteiger partial charge in [0.1, 0.15) is 5.69 Å². The van der Waals surface area contributed by atoms with Crippen LogP contribution in [0, 0.1) is 16.0 Å². The van der Waals surface area contributed by atoms with Gasteiger partial charge in [0.05, 0.1) is 10.8 Å². The number of hydrogen-bond acceptors (Lipinski definition) is 5. The smallest absolute Gasteiger partial charge is 0.308 e. The molecule has 0 spiro atoms. The van der Waals surface area contributed by atoms with Crippen molar-refractivity contribution in [2.45, 2.75) is 13.3 Å². The minimum atomic E-state index is -0.960. The van der Waals surface area contributed by atoms with E-state index in [2.05, 4.69) is 5.32 Å². The van der Waals surface area contributed by atoms with Crippen molar-refractivity contribution in [1.29, 1.82) is 0 Å². The van der Waals surface area contributed by atoms with E-state index >= 15 is 0 Å². The number of para-hydroxylation sites is 2. The molecule has 0 aliphatic rings. The summed E-state index contributed by atoms with van der Waals surface area (Å²) in [6.07, 6.45) is 0.120. The number of nitro benzene ring substituents is 1. The normalized spacial score (nSPS) is 11.5. The molecule has 0 unspecified atom stereocenters. The first-order valence-electron chi connectivity index (χ1n) is 6.77. The number of carboxylic acid groups (broad SMARTS) is 1. The summed E-state index contributed by atoms with van der Waals surface area (Å²) in [5.74, 6) is -1.83. The van der Waals surface area contributed by atoms with Crippen LogP contribution in [0.1, 0.15) is 13.3 Å². The second kappa shape index (κ2) is 7.96. The van der Waals surface area contributed by atoms with Crippen molar-refractivity contribution in [2.24, 2.45) is 5.92 Å². The molecule has 1 atom stereocenters. The summed E-state index contributed by atoms with van der Waals surface area (Å²) in [6, 6.07) is 6.18. The van der Waals surface area contributed by atoms with Crippen molar-refractivity contribution in [3.63, 3.8) is 0 Å². The van der Waals surface area contributed by atoms with Crippen LogP contribution in [0.15, 0.2) is 24.3 Å². The molecule has 22 heavy (non-hydrogen) atoms. The highest BCUT2D eigenvalue weighted by atomic mass is 16.6. The van der Waals surface area contributed by atoms with Crippen LogP contribution in [-0.4, -0.2) is 46.9 Å². The van der Waals surface area contributed by atoms with Crippen LogP contribution in [0.3, 0.4) is 0 Å². The molecule has 0 radical (unpaired) electrons. The van der Waals surface area contributed by atoms with Gasteiger partial charge in [-0.15, -0.1) is 0 Å². The highest BCUT2D eigenvalue weighted by Gasteiger charge is 2.17. The Morgan fingerprint density at radius 2 is 2.05 bits per heavy atom. The topological polar surface area (TPSA) is 113 Å². The van der Waals surface area contributed by atoms with E-state index in [-0.39, 0.29) is 31.1 Å². The molecule has 1 amide bonds. The summed E-state index contributed by atoms with van der Waals surface area (Å²) < 4.78 is 0. The van der Waals surface area contributed by atoms with E-state index in [9.17, 15) is 19.7 Å². The maximum atomic E-state index is 11.9. The van der Waals surface area contributed by atoms with Gasteiger partial charge in [0.25, 0.3) is 5.69 Å². The van der Waals surface area contributed by atoms with Gasteiger partial charge in [0, 0.05) is 32.6 Å². The summed E-state index contributed by atoms with van der Waals surface area (Å²) in [5, 5.41) is 22.5. The Bertz CT molecular complexity index is 561. The standard InChI is InChI=1S/C14H19N3O5/c1-10(14(19)20)9-16(2)13(18)7-8-15-11-5-3-4-6-12(11)17(21)22/h3-6,10,15H,7-9H2,1-2H3,(H,19,20)/t10-/m1/s1. The predicted octanol–water partition coefficient (Wildman–Crippen LogP) is 1.58. The molecule has 8 heteroatoms. The van der Waals surface area contributed by atoms with Crippen molar-refractivity contribution < 1.29 is 19.6 Å². The molecule has 0 aliphatic carbocycles. The highest BCUT2D eigenvalue weighted by Crippen LogP contribution is 2.22. The minimum absolute atomic E-state index is 0.0530. The Morgan fingerprint density at radius 3 is 2.64 bits per heavy atom. The lowest BCUT2D eigenvalue weighted by Gasteiger charge is -2.19. The van der Waals surface area contributed by atoms with E-state index in [1.807, 2.05) is 0 Å². The summed E-state index contributed by atoms with van der Waals surface area (Å²) >= 11 is 0. The van der Waals surface area contributed by atoms with Crippen LogP contribution in [-0.2, 0) is 9.59 Å². The van der Waals surface area contributed by atoms with Gasteiger partial charge in [-0.3, -0.25) is 19.7 Å². The number of benzene rings is 1. The molecular weight excluding hydrogens is 290 g/mol. The lowest BCUT2D eigenvalue weighted by molar-refractivity contribution is -0.384. The van der Waals surface area contributed by atoms with E-state index in [4.69, 9.17) is 5.11 Å². The maximum Gasteiger partial charge on any atom is 0.308 e. The molecule has 1 aromatic carbocycles. The molecule has 0 bridgehead atoms. The molecule has 1 aromatic rings. The number of rotatable bonds is 8. The van der Waals surface area contributed by atoms with E-state index in [1.54, 1.807) is 18.2 Å². The molecular formula is C14H19N3O5. The van der Waals surface area contributed by atoms with Crippen LogP contribution >= 0.6 is 0 Å². The SMILES string of the molecule is C[C@H](CN(C)C(=O)CCNc1ccccc1[N+](=O)[O-])C(=O)O. The Morgan fingerprint density at radius 1 is 1.41 bits per heavy atom. The quantitative estimate of drug-likeness (QED) is 0.557. The van der Waals surface area contributed by atoms with Crippen molar-refractivity contribution in [3.05, 3.63) is 34.4 Å². The first-order valence-corrected chi connectivity index (χ1v) is 6.77. The van der Waals surface area contributed by atoms with Gasteiger partial charge < -0.3 is 15.3 Å². The van der Waals surface area contributed by atoms with E-state index in [0.717, 1.165) is 0 Å². The van der Waals surface area contributed by atoms with Crippen molar-refractivity contribution in [2.75, 3.05) is 25.5 Å². The third kappa shape index (κ3) is 5.04. The number of amides is 1. The van der Waals surface area contributed by atoms with Gasteiger partial charge in [0.15, 0.2) is 0 Å². The van der Waals surface area contributed by atoms with Crippen molar-refractivity contribution in [3.8, 4) is 0 Å². The Hall–Kier alpha value is -2.64.